The molecule has 0 saturated carbocycles. The summed E-state index contributed by atoms with van der Waals surface area (Å²) in [5, 5.41) is 3.06. The molecule has 0 saturated heterocycles. The first-order valence-corrected chi connectivity index (χ1v) is 6.25. The average molecular weight is 267 g/mol. The zero-order valence-electron chi connectivity index (χ0n) is 9.45. The fourth-order valence-electron chi connectivity index (χ4n) is 1.38. The molecule has 2 heterocycles. The van der Waals surface area contributed by atoms with E-state index in [-0.39, 0.29) is 5.91 Å². The summed E-state index contributed by atoms with van der Waals surface area (Å²) in [6, 6.07) is 5.51. The van der Waals surface area contributed by atoms with Crippen LogP contribution in [0.5, 0.6) is 0 Å². The van der Waals surface area contributed by atoms with E-state index in [4.69, 9.17) is 11.6 Å². The number of hydrogen-bond acceptors (Lipinski definition) is 3. The first-order chi connectivity index (χ1) is 8.06. The summed E-state index contributed by atoms with van der Waals surface area (Å²) in [6.07, 6.45) is 1.66. The molecule has 0 atom stereocenters. The molecule has 0 aliphatic heterocycles. The highest BCUT2D eigenvalue weighted by Crippen LogP contribution is 2.22. The molecule has 0 radical (unpaired) electrons. The second-order valence-corrected chi connectivity index (χ2v) is 5.36. The molecule has 0 aliphatic rings. The molecule has 0 aliphatic carbocycles. The first-order valence-electron chi connectivity index (χ1n) is 5.06. The van der Waals surface area contributed by atoms with E-state index in [2.05, 4.69) is 10.3 Å². The van der Waals surface area contributed by atoms with E-state index in [1.54, 1.807) is 18.3 Å². The summed E-state index contributed by atoms with van der Waals surface area (Å²) in [5.41, 5.74) is 1.50. The van der Waals surface area contributed by atoms with E-state index < -0.39 is 0 Å². The predicted molar refractivity (Wildman–Crippen MR) is 71.0 cm³/mol. The molecule has 0 fully saturated rings. The van der Waals surface area contributed by atoms with Gasteiger partial charge in [0.2, 0.25) is 0 Å². The Morgan fingerprint density at radius 2 is 2.18 bits per heavy atom. The van der Waals surface area contributed by atoms with Gasteiger partial charge >= 0.3 is 0 Å². The maximum atomic E-state index is 11.9. The van der Waals surface area contributed by atoms with Gasteiger partial charge in [-0.25, -0.2) is 4.98 Å². The van der Waals surface area contributed by atoms with Gasteiger partial charge in [0.15, 0.2) is 5.15 Å². The minimum Gasteiger partial charge on any atom is -0.319 e. The highest BCUT2D eigenvalue weighted by molar-refractivity contribution is 7.14. The molecule has 1 N–H and O–H groups in total. The lowest BCUT2D eigenvalue weighted by Crippen LogP contribution is -2.11. The Balaban J connectivity index is 2.21. The molecule has 0 aromatic carbocycles. The zero-order chi connectivity index (χ0) is 12.4. The van der Waals surface area contributed by atoms with Crippen LogP contribution in [0.4, 0.5) is 5.69 Å². The number of nitrogens with zero attached hydrogens (tertiary/aromatic N) is 1. The maximum Gasteiger partial charge on any atom is 0.265 e. The third-order valence-electron chi connectivity index (χ3n) is 2.19. The van der Waals surface area contributed by atoms with Gasteiger partial charge in [0.05, 0.1) is 10.6 Å². The standard InChI is InChI=1S/C12H11ClN2OS/c1-7-5-9(11(13)14-6-7)15-12(16)10-4-3-8(2)17-10/h3-6H,1-2H3,(H,15,16). The molecule has 0 bridgehead atoms. The number of halogens is 1. The third kappa shape index (κ3) is 2.84. The largest absolute Gasteiger partial charge is 0.319 e. The molecule has 0 unspecified atom stereocenters. The van der Waals surface area contributed by atoms with Crippen molar-refractivity contribution in [2.45, 2.75) is 13.8 Å². The van der Waals surface area contributed by atoms with E-state index in [0.29, 0.717) is 15.7 Å². The molecular weight excluding hydrogens is 256 g/mol. The van der Waals surface area contributed by atoms with Gasteiger partial charge in [-0.05, 0) is 37.6 Å². The van der Waals surface area contributed by atoms with Gasteiger partial charge in [-0.3, -0.25) is 4.79 Å². The molecule has 0 spiro atoms. The number of hydrogen-bond donors (Lipinski definition) is 1. The minimum absolute atomic E-state index is 0.155. The van der Waals surface area contributed by atoms with Crippen LogP contribution in [-0.4, -0.2) is 10.9 Å². The van der Waals surface area contributed by atoms with Crippen molar-refractivity contribution in [1.29, 1.82) is 0 Å². The molecule has 2 aromatic heterocycles. The van der Waals surface area contributed by atoms with Crippen molar-refractivity contribution in [3.05, 3.63) is 44.9 Å². The van der Waals surface area contributed by atoms with Gasteiger partial charge < -0.3 is 5.32 Å². The summed E-state index contributed by atoms with van der Waals surface area (Å²) < 4.78 is 0. The number of carbonyl (C=O) groups is 1. The van der Waals surface area contributed by atoms with Crippen molar-refractivity contribution in [2.75, 3.05) is 5.32 Å². The van der Waals surface area contributed by atoms with Gasteiger partial charge in [0.25, 0.3) is 5.91 Å². The second-order valence-electron chi connectivity index (χ2n) is 3.72. The highest BCUT2D eigenvalue weighted by Gasteiger charge is 2.10. The molecule has 17 heavy (non-hydrogen) atoms. The minimum atomic E-state index is -0.155. The van der Waals surface area contributed by atoms with Crippen LogP contribution < -0.4 is 5.32 Å². The second kappa shape index (κ2) is 4.85. The lowest BCUT2D eigenvalue weighted by atomic mass is 10.3. The van der Waals surface area contributed by atoms with Crippen molar-refractivity contribution in [3.63, 3.8) is 0 Å². The summed E-state index contributed by atoms with van der Waals surface area (Å²) in [7, 11) is 0. The molecule has 2 aromatic rings. The lowest BCUT2D eigenvalue weighted by Gasteiger charge is -2.05. The SMILES string of the molecule is Cc1cnc(Cl)c(NC(=O)c2ccc(C)s2)c1. The van der Waals surface area contributed by atoms with E-state index >= 15 is 0 Å². The Kier molecular flexibility index (Phi) is 3.45. The summed E-state index contributed by atoms with van der Waals surface area (Å²) >= 11 is 7.36. The fourth-order valence-corrected chi connectivity index (χ4v) is 2.29. The third-order valence-corrected chi connectivity index (χ3v) is 3.49. The monoisotopic (exact) mass is 266 g/mol. The molecule has 5 heteroatoms. The Bertz CT molecular complexity index is 565. The number of amides is 1. The summed E-state index contributed by atoms with van der Waals surface area (Å²) in [4.78, 5) is 17.7. The van der Waals surface area contributed by atoms with Crippen molar-refractivity contribution in [2.24, 2.45) is 0 Å². The summed E-state index contributed by atoms with van der Waals surface area (Å²) in [6.45, 7) is 3.86. The summed E-state index contributed by atoms with van der Waals surface area (Å²) in [5.74, 6) is -0.155. The first kappa shape index (κ1) is 12.1. The van der Waals surface area contributed by atoms with Crippen LogP contribution >= 0.6 is 22.9 Å². The van der Waals surface area contributed by atoms with E-state index in [1.807, 2.05) is 19.9 Å². The topological polar surface area (TPSA) is 42.0 Å². The average Bonchev–Trinajstić information content (AvgIpc) is 2.70. The number of rotatable bonds is 2. The number of carbonyl (C=O) groups excluding carboxylic acids is 1. The number of aryl methyl sites for hydroxylation is 2. The molecule has 88 valence electrons. The number of aromatic nitrogens is 1. The van der Waals surface area contributed by atoms with Crippen LogP contribution in [0, 0.1) is 13.8 Å². The van der Waals surface area contributed by atoms with Crippen molar-refractivity contribution in [3.8, 4) is 0 Å². The highest BCUT2D eigenvalue weighted by atomic mass is 35.5. The molecular formula is C12H11ClN2OS. The van der Waals surface area contributed by atoms with Crippen molar-refractivity contribution in [1.82, 2.24) is 4.98 Å². The Labute approximate surface area is 108 Å². The van der Waals surface area contributed by atoms with E-state index in [1.165, 1.54) is 11.3 Å². The maximum absolute atomic E-state index is 11.9. The number of anilines is 1. The quantitative estimate of drug-likeness (QED) is 0.843. The van der Waals surface area contributed by atoms with Crippen LogP contribution in [0.3, 0.4) is 0 Å². The van der Waals surface area contributed by atoms with Crippen LogP contribution in [0.2, 0.25) is 5.15 Å². The van der Waals surface area contributed by atoms with Crippen LogP contribution in [0.1, 0.15) is 20.1 Å². The fraction of sp³-hybridized carbons (Fsp3) is 0.167. The number of nitrogens with one attached hydrogen (secondary N) is 1. The van der Waals surface area contributed by atoms with Crippen LogP contribution in [0.15, 0.2) is 24.4 Å². The Hall–Kier alpha value is -1.39. The van der Waals surface area contributed by atoms with Crippen LogP contribution in [-0.2, 0) is 0 Å². The van der Waals surface area contributed by atoms with E-state index in [0.717, 1.165) is 10.4 Å². The number of pyridine rings is 1. The molecule has 1 amide bonds. The van der Waals surface area contributed by atoms with E-state index in [9.17, 15) is 4.79 Å². The van der Waals surface area contributed by atoms with Gasteiger partial charge in [-0.1, -0.05) is 11.6 Å². The molecule has 2 rings (SSSR count). The predicted octanol–water partition coefficient (Wildman–Crippen LogP) is 3.67. The molecule has 3 nitrogen and oxygen atoms in total. The normalized spacial score (nSPS) is 10.3. The smallest absolute Gasteiger partial charge is 0.265 e. The Morgan fingerprint density at radius 3 is 2.82 bits per heavy atom. The van der Waals surface area contributed by atoms with Gasteiger partial charge in [-0.2, -0.15) is 0 Å². The zero-order valence-corrected chi connectivity index (χ0v) is 11.0. The number of thiophene rings is 1. The van der Waals surface area contributed by atoms with Gasteiger partial charge in [0, 0.05) is 11.1 Å². The van der Waals surface area contributed by atoms with Gasteiger partial charge in [0.1, 0.15) is 0 Å². The van der Waals surface area contributed by atoms with Crippen LogP contribution in [0.25, 0.3) is 0 Å². The Morgan fingerprint density at radius 1 is 1.41 bits per heavy atom. The van der Waals surface area contributed by atoms with Gasteiger partial charge in [-0.15, -0.1) is 11.3 Å². The van der Waals surface area contributed by atoms with Crippen molar-refractivity contribution >= 4 is 34.5 Å². The lowest BCUT2D eigenvalue weighted by molar-refractivity contribution is 0.103. The van der Waals surface area contributed by atoms with Crippen molar-refractivity contribution < 1.29 is 4.79 Å².